The first-order valence-corrected chi connectivity index (χ1v) is 11.2. The van der Waals surface area contributed by atoms with Crippen LogP contribution in [0.15, 0.2) is 48.5 Å². The number of imide groups is 1. The van der Waals surface area contributed by atoms with Crippen LogP contribution in [0.4, 0.5) is 11.4 Å². The molecule has 3 rings (SSSR count). The Morgan fingerprint density at radius 2 is 1.62 bits per heavy atom. The van der Waals surface area contributed by atoms with Gasteiger partial charge in [-0.25, -0.2) is 13.3 Å². The predicted octanol–water partition coefficient (Wildman–Crippen LogP) is 3.03. The van der Waals surface area contributed by atoms with E-state index in [0.717, 1.165) is 17.7 Å². The number of sulfone groups is 1. The number of carbonyl (C=O) groups excluding carboxylic acids is 3. The van der Waals surface area contributed by atoms with E-state index in [9.17, 15) is 22.8 Å². The second-order valence-electron chi connectivity index (χ2n) is 6.89. The molecule has 2 aromatic rings. The van der Waals surface area contributed by atoms with Crippen molar-refractivity contribution >= 4 is 38.9 Å². The smallest absolute Gasteiger partial charge is 0.266 e. The van der Waals surface area contributed by atoms with Crippen molar-refractivity contribution in [2.75, 3.05) is 21.7 Å². The average molecular weight is 414 g/mol. The molecule has 0 radical (unpaired) electrons. The minimum atomic E-state index is -3.48. The van der Waals surface area contributed by atoms with Crippen molar-refractivity contribution in [2.24, 2.45) is 0 Å². The predicted molar refractivity (Wildman–Crippen MR) is 111 cm³/mol. The summed E-state index contributed by atoms with van der Waals surface area (Å²) in [6, 6.07) is 12.8. The van der Waals surface area contributed by atoms with Gasteiger partial charge in [0.15, 0.2) is 9.84 Å². The number of nitrogens with one attached hydrogen (secondary N) is 1. The lowest BCUT2D eigenvalue weighted by molar-refractivity contribution is -0.113. The van der Waals surface area contributed by atoms with E-state index >= 15 is 0 Å². The SMILES string of the molecule is CCCCCS(=O)(=O)CC(=O)Nc1cccc(N2C(=O)c3ccccc3C2=O)c1. The molecule has 0 saturated carbocycles. The summed E-state index contributed by atoms with van der Waals surface area (Å²) in [6.07, 6.45) is 2.22. The largest absolute Gasteiger partial charge is 0.325 e. The van der Waals surface area contributed by atoms with Gasteiger partial charge in [0.2, 0.25) is 5.91 Å². The summed E-state index contributed by atoms with van der Waals surface area (Å²) < 4.78 is 24.1. The molecule has 0 aliphatic carbocycles. The van der Waals surface area contributed by atoms with Gasteiger partial charge < -0.3 is 5.32 Å². The molecule has 1 aliphatic heterocycles. The first kappa shape index (κ1) is 20.7. The van der Waals surface area contributed by atoms with E-state index in [1.807, 2.05) is 6.92 Å². The molecule has 0 atom stereocenters. The van der Waals surface area contributed by atoms with Gasteiger partial charge in [0, 0.05) is 5.69 Å². The number of hydrogen-bond acceptors (Lipinski definition) is 5. The maximum atomic E-state index is 12.6. The Labute approximate surface area is 169 Å². The molecule has 8 heteroatoms. The summed E-state index contributed by atoms with van der Waals surface area (Å²) in [5.74, 6) is -2.15. The highest BCUT2D eigenvalue weighted by Gasteiger charge is 2.36. The van der Waals surface area contributed by atoms with E-state index < -0.39 is 33.3 Å². The lowest BCUT2D eigenvalue weighted by Crippen LogP contribution is -2.29. The average Bonchev–Trinajstić information content (AvgIpc) is 2.92. The standard InChI is InChI=1S/C21H22N2O5S/c1-2-3-6-12-29(27,28)14-19(24)22-15-8-7-9-16(13-15)23-20(25)17-10-4-5-11-18(17)21(23)26/h4-5,7-11,13H,2-3,6,12,14H2,1H3,(H,22,24). The molecule has 0 fully saturated rings. The summed E-state index contributed by atoms with van der Waals surface area (Å²) in [5, 5.41) is 2.54. The van der Waals surface area contributed by atoms with Crippen LogP contribution in [0.25, 0.3) is 0 Å². The lowest BCUT2D eigenvalue weighted by Gasteiger charge is -2.15. The number of fused-ring (bicyclic) bond motifs is 1. The van der Waals surface area contributed by atoms with Crippen LogP contribution < -0.4 is 10.2 Å². The second kappa shape index (κ2) is 8.57. The molecule has 1 heterocycles. The Morgan fingerprint density at radius 1 is 0.966 bits per heavy atom. The van der Waals surface area contributed by atoms with Crippen LogP contribution in [0.5, 0.6) is 0 Å². The van der Waals surface area contributed by atoms with Crippen molar-refractivity contribution in [1.82, 2.24) is 0 Å². The van der Waals surface area contributed by atoms with Crippen molar-refractivity contribution < 1.29 is 22.8 Å². The Kier molecular flexibility index (Phi) is 6.12. The molecular formula is C21H22N2O5S. The molecule has 0 bridgehead atoms. The molecule has 0 aromatic heterocycles. The van der Waals surface area contributed by atoms with Crippen LogP contribution in [0.2, 0.25) is 0 Å². The first-order chi connectivity index (χ1) is 13.8. The van der Waals surface area contributed by atoms with Crippen molar-refractivity contribution in [1.29, 1.82) is 0 Å². The molecule has 3 amide bonds. The summed E-state index contributed by atoms with van der Waals surface area (Å²) in [6.45, 7) is 1.97. The molecule has 1 aliphatic rings. The minimum Gasteiger partial charge on any atom is -0.325 e. The zero-order chi connectivity index (χ0) is 21.0. The second-order valence-corrected chi connectivity index (χ2v) is 9.07. The zero-order valence-corrected chi connectivity index (χ0v) is 16.9. The lowest BCUT2D eigenvalue weighted by atomic mass is 10.1. The number of unbranched alkanes of at least 4 members (excludes halogenated alkanes) is 2. The van der Waals surface area contributed by atoms with Gasteiger partial charge in [-0.05, 0) is 36.8 Å². The van der Waals surface area contributed by atoms with Crippen molar-refractivity contribution in [3.05, 3.63) is 59.7 Å². The van der Waals surface area contributed by atoms with E-state index in [2.05, 4.69) is 5.32 Å². The van der Waals surface area contributed by atoms with Crippen molar-refractivity contribution in [2.45, 2.75) is 26.2 Å². The van der Waals surface area contributed by atoms with Gasteiger partial charge in [0.05, 0.1) is 22.6 Å². The molecule has 7 nitrogen and oxygen atoms in total. The van der Waals surface area contributed by atoms with Crippen LogP contribution in [0.1, 0.15) is 46.9 Å². The van der Waals surface area contributed by atoms with Crippen molar-refractivity contribution in [3.8, 4) is 0 Å². The number of rotatable bonds is 8. The van der Waals surface area contributed by atoms with Crippen molar-refractivity contribution in [3.63, 3.8) is 0 Å². The molecule has 29 heavy (non-hydrogen) atoms. The number of anilines is 2. The van der Waals surface area contributed by atoms with Crippen LogP contribution in [-0.2, 0) is 14.6 Å². The molecule has 2 aromatic carbocycles. The fourth-order valence-electron chi connectivity index (χ4n) is 3.19. The fourth-order valence-corrected chi connectivity index (χ4v) is 4.45. The quantitative estimate of drug-likeness (QED) is 0.529. The van der Waals surface area contributed by atoms with Crippen LogP contribution in [0, 0.1) is 0 Å². The van der Waals surface area contributed by atoms with Gasteiger partial charge in [-0.15, -0.1) is 0 Å². The number of nitrogens with zero attached hydrogens (tertiary/aromatic N) is 1. The van der Waals surface area contributed by atoms with Gasteiger partial charge in [0.25, 0.3) is 11.8 Å². The first-order valence-electron chi connectivity index (χ1n) is 9.40. The van der Waals surface area contributed by atoms with Crippen LogP contribution in [-0.4, -0.2) is 37.6 Å². The maximum Gasteiger partial charge on any atom is 0.266 e. The normalized spacial score (nSPS) is 13.5. The number of hydrogen-bond donors (Lipinski definition) is 1. The molecule has 1 N–H and O–H groups in total. The fraction of sp³-hybridized carbons (Fsp3) is 0.286. The minimum absolute atomic E-state index is 0.0245. The Balaban J connectivity index is 1.72. The monoisotopic (exact) mass is 414 g/mol. The molecular weight excluding hydrogens is 392 g/mol. The summed E-state index contributed by atoms with van der Waals surface area (Å²) in [4.78, 5) is 38.4. The third kappa shape index (κ3) is 4.71. The van der Waals surface area contributed by atoms with E-state index in [0.29, 0.717) is 28.9 Å². The summed E-state index contributed by atoms with van der Waals surface area (Å²) in [5.41, 5.74) is 1.27. The molecule has 0 spiro atoms. The van der Waals surface area contributed by atoms with Gasteiger partial charge in [0.1, 0.15) is 5.75 Å². The third-order valence-electron chi connectivity index (χ3n) is 4.59. The van der Waals surface area contributed by atoms with Gasteiger partial charge >= 0.3 is 0 Å². The van der Waals surface area contributed by atoms with E-state index in [1.165, 1.54) is 6.07 Å². The highest BCUT2D eigenvalue weighted by atomic mass is 32.2. The van der Waals surface area contributed by atoms with Gasteiger partial charge in [-0.2, -0.15) is 0 Å². The highest BCUT2D eigenvalue weighted by Crippen LogP contribution is 2.29. The van der Waals surface area contributed by atoms with E-state index in [4.69, 9.17) is 0 Å². The Bertz CT molecular complexity index is 1030. The molecule has 0 saturated heterocycles. The van der Waals surface area contributed by atoms with Gasteiger partial charge in [-0.1, -0.05) is 38.0 Å². The molecule has 152 valence electrons. The number of carbonyl (C=O) groups is 3. The summed E-state index contributed by atoms with van der Waals surface area (Å²) >= 11 is 0. The third-order valence-corrected chi connectivity index (χ3v) is 6.20. The number of benzene rings is 2. The summed E-state index contributed by atoms with van der Waals surface area (Å²) in [7, 11) is -3.48. The van der Waals surface area contributed by atoms with Crippen LogP contribution in [0.3, 0.4) is 0 Å². The number of amides is 3. The maximum absolute atomic E-state index is 12.6. The van der Waals surface area contributed by atoms with E-state index in [-0.39, 0.29) is 5.75 Å². The van der Waals surface area contributed by atoms with Crippen LogP contribution >= 0.6 is 0 Å². The topological polar surface area (TPSA) is 101 Å². The molecule has 0 unspecified atom stereocenters. The van der Waals surface area contributed by atoms with E-state index in [1.54, 1.807) is 42.5 Å². The van der Waals surface area contributed by atoms with Gasteiger partial charge in [-0.3, -0.25) is 14.4 Å². The highest BCUT2D eigenvalue weighted by molar-refractivity contribution is 7.92. The zero-order valence-electron chi connectivity index (χ0n) is 16.1. The Morgan fingerprint density at radius 3 is 2.24 bits per heavy atom. The Hall–Kier alpha value is -3.00.